The quantitative estimate of drug-likeness (QED) is 0.538. The van der Waals surface area contributed by atoms with E-state index in [0.717, 1.165) is 6.42 Å². The summed E-state index contributed by atoms with van der Waals surface area (Å²) >= 11 is 0. The van der Waals surface area contributed by atoms with Crippen molar-refractivity contribution in [2.24, 2.45) is 0 Å². The Bertz CT molecular complexity index is 295. The maximum atomic E-state index is 11.3. The molecule has 0 aromatic rings. The molecule has 0 bridgehead atoms. The molecule has 1 saturated heterocycles. The highest BCUT2D eigenvalue weighted by Gasteiger charge is 2.39. The van der Waals surface area contributed by atoms with Crippen LogP contribution in [0.4, 0.5) is 0 Å². The number of carbonyl (C=O) groups is 2. The van der Waals surface area contributed by atoms with Crippen molar-refractivity contribution in [1.29, 1.82) is 0 Å². The van der Waals surface area contributed by atoms with Crippen LogP contribution in [0.25, 0.3) is 0 Å². The first-order valence-corrected chi connectivity index (χ1v) is 4.32. The second-order valence-corrected chi connectivity index (χ2v) is 3.25. The van der Waals surface area contributed by atoms with Crippen LogP contribution < -0.4 is 0 Å². The number of methoxy groups -OCH3 is 1. The molecule has 0 saturated carbocycles. The van der Waals surface area contributed by atoms with E-state index in [-0.39, 0.29) is 17.9 Å². The van der Waals surface area contributed by atoms with E-state index in [4.69, 9.17) is 0 Å². The Morgan fingerprint density at radius 3 is 3.15 bits per heavy atom. The second kappa shape index (κ2) is 2.87. The van der Waals surface area contributed by atoms with Gasteiger partial charge in [0.15, 0.2) is 0 Å². The third kappa shape index (κ3) is 1.13. The minimum atomic E-state index is -0.304. The molecule has 1 fully saturated rings. The van der Waals surface area contributed by atoms with Gasteiger partial charge < -0.3 is 9.64 Å². The molecule has 0 aromatic heterocycles. The number of fused-ring (bicyclic) bond motifs is 1. The Morgan fingerprint density at radius 2 is 2.46 bits per heavy atom. The molecule has 1 amide bonds. The van der Waals surface area contributed by atoms with Crippen molar-refractivity contribution in [2.45, 2.75) is 18.9 Å². The van der Waals surface area contributed by atoms with E-state index in [1.54, 1.807) is 11.0 Å². The fourth-order valence-corrected chi connectivity index (χ4v) is 1.96. The summed E-state index contributed by atoms with van der Waals surface area (Å²) in [6.45, 7) is 0.563. The molecular formula is C9H11NO3. The Hall–Kier alpha value is -1.32. The molecule has 4 heteroatoms. The lowest BCUT2D eigenvalue weighted by Gasteiger charge is -2.16. The van der Waals surface area contributed by atoms with Gasteiger partial charge in [-0.25, -0.2) is 4.79 Å². The van der Waals surface area contributed by atoms with Gasteiger partial charge in [0.1, 0.15) is 0 Å². The third-order valence-corrected chi connectivity index (χ3v) is 2.62. The maximum absolute atomic E-state index is 11.3. The smallest absolute Gasteiger partial charge is 0.335 e. The molecule has 13 heavy (non-hydrogen) atoms. The third-order valence-electron chi connectivity index (χ3n) is 2.62. The van der Waals surface area contributed by atoms with Gasteiger partial charge in [-0.3, -0.25) is 4.79 Å². The minimum absolute atomic E-state index is 0.0139. The monoisotopic (exact) mass is 181 g/mol. The summed E-state index contributed by atoms with van der Waals surface area (Å²) in [5.41, 5.74) is 0.647. The van der Waals surface area contributed by atoms with Crippen LogP contribution in [0.3, 0.4) is 0 Å². The molecule has 0 aliphatic carbocycles. The van der Waals surface area contributed by atoms with Crippen molar-refractivity contribution in [2.75, 3.05) is 13.7 Å². The normalized spacial score (nSPS) is 25.9. The van der Waals surface area contributed by atoms with Crippen LogP contribution in [0.2, 0.25) is 0 Å². The highest BCUT2D eigenvalue weighted by Crippen LogP contribution is 2.29. The first-order valence-electron chi connectivity index (χ1n) is 4.32. The van der Waals surface area contributed by atoms with Crippen LogP contribution in [0, 0.1) is 0 Å². The van der Waals surface area contributed by atoms with E-state index in [1.165, 1.54) is 7.11 Å². The predicted octanol–water partition coefficient (Wildman–Crippen LogP) is 0.0904. The summed E-state index contributed by atoms with van der Waals surface area (Å²) in [7, 11) is 1.36. The standard InChI is InChI=1S/C9H11NO3/c1-13-9(12)6-4-5-10-7(6)2-3-8(10)11/h4,7H,2-3,5H2,1H3. The number of nitrogens with zero attached hydrogens (tertiary/aromatic N) is 1. The Labute approximate surface area is 76.2 Å². The Balaban J connectivity index is 2.17. The first kappa shape index (κ1) is 8.29. The number of amides is 1. The molecule has 0 aromatic carbocycles. The number of rotatable bonds is 1. The van der Waals surface area contributed by atoms with Crippen LogP contribution in [0.1, 0.15) is 12.8 Å². The molecule has 2 rings (SSSR count). The molecule has 0 spiro atoms. The lowest BCUT2D eigenvalue weighted by molar-refractivity contribution is -0.136. The SMILES string of the molecule is COC(=O)C1=CCN2C(=O)CCC12. The summed E-state index contributed by atoms with van der Waals surface area (Å²) in [5.74, 6) is -0.164. The van der Waals surface area contributed by atoms with Crippen molar-refractivity contribution in [1.82, 2.24) is 4.90 Å². The van der Waals surface area contributed by atoms with Crippen molar-refractivity contribution >= 4 is 11.9 Å². The van der Waals surface area contributed by atoms with Gasteiger partial charge in [-0.05, 0) is 6.42 Å². The summed E-state index contributed by atoms with van der Waals surface area (Å²) < 4.78 is 4.63. The molecule has 2 heterocycles. The summed E-state index contributed by atoms with van der Waals surface area (Å²) in [6.07, 6.45) is 3.09. The minimum Gasteiger partial charge on any atom is -0.466 e. The average molecular weight is 181 g/mol. The fourth-order valence-electron chi connectivity index (χ4n) is 1.96. The van der Waals surface area contributed by atoms with Gasteiger partial charge in [-0.1, -0.05) is 6.08 Å². The van der Waals surface area contributed by atoms with Gasteiger partial charge in [-0.15, -0.1) is 0 Å². The van der Waals surface area contributed by atoms with Crippen molar-refractivity contribution < 1.29 is 14.3 Å². The van der Waals surface area contributed by atoms with Crippen LogP contribution >= 0.6 is 0 Å². The van der Waals surface area contributed by atoms with Crippen LogP contribution in [-0.2, 0) is 14.3 Å². The van der Waals surface area contributed by atoms with Crippen LogP contribution in [-0.4, -0.2) is 36.5 Å². The van der Waals surface area contributed by atoms with E-state index in [9.17, 15) is 9.59 Å². The molecule has 0 radical (unpaired) electrons. The van der Waals surface area contributed by atoms with E-state index in [0.29, 0.717) is 18.5 Å². The molecular weight excluding hydrogens is 170 g/mol. The number of ether oxygens (including phenoxy) is 1. The maximum Gasteiger partial charge on any atom is 0.335 e. The molecule has 2 aliphatic rings. The van der Waals surface area contributed by atoms with Crippen LogP contribution in [0.5, 0.6) is 0 Å². The highest BCUT2D eigenvalue weighted by atomic mass is 16.5. The predicted molar refractivity (Wildman–Crippen MR) is 44.8 cm³/mol. The van der Waals surface area contributed by atoms with Gasteiger partial charge in [0, 0.05) is 13.0 Å². The Kier molecular flexibility index (Phi) is 1.83. The Morgan fingerprint density at radius 1 is 1.69 bits per heavy atom. The van der Waals surface area contributed by atoms with Crippen molar-refractivity contribution in [3.63, 3.8) is 0 Å². The van der Waals surface area contributed by atoms with Crippen molar-refractivity contribution in [3.05, 3.63) is 11.6 Å². The molecule has 0 N–H and O–H groups in total. The van der Waals surface area contributed by atoms with E-state index in [2.05, 4.69) is 4.74 Å². The zero-order valence-corrected chi connectivity index (χ0v) is 7.45. The number of esters is 1. The molecule has 1 atom stereocenters. The molecule has 4 nitrogen and oxygen atoms in total. The second-order valence-electron chi connectivity index (χ2n) is 3.25. The van der Waals surface area contributed by atoms with Gasteiger partial charge in [-0.2, -0.15) is 0 Å². The summed E-state index contributed by atoms with van der Waals surface area (Å²) in [5, 5.41) is 0. The van der Waals surface area contributed by atoms with E-state index < -0.39 is 0 Å². The lowest BCUT2D eigenvalue weighted by atomic mass is 10.1. The zero-order valence-electron chi connectivity index (χ0n) is 7.45. The molecule has 70 valence electrons. The van der Waals surface area contributed by atoms with Gasteiger partial charge in [0.2, 0.25) is 5.91 Å². The molecule has 2 aliphatic heterocycles. The number of hydrogen-bond donors (Lipinski definition) is 0. The van der Waals surface area contributed by atoms with Crippen molar-refractivity contribution in [3.8, 4) is 0 Å². The fraction of sp³-hybridized carbons (Fsp3) is 0.556. The van der Waals surface area contributed by atoms with Crippen LogP contribution in [0.15, 0.2) is 11.6 Å². The topological polar surface area (TPSA) is 46.6 Å². The largest absolute Gasteiger partial charge is 0.466 e. The molecule has 1 unspecified atom stereocenters. The van der Waals surface area contributed by atoms with Gasteiger partial charge >= 0.3 is 5.97 Å². The number of hydrogen-bond acceptors (Lipinski definition) is 3. The number of carbonyl (C=O) groups excluding carboxylic acids is 2. The lowest BCUT2D eigenvalue weighted by Crippen LogP contribution is -2.30. The highest BCUT2D eigenvalue weighted by molar-refractivity contribution is 5.93. The first-order chi connectivity index (χ1) is 6.24. The van der Waals surface area contributed by atoms with E-state index in [1.807, 2.05) is 0 Å². The zero-order chi connectivity index (χ0) is 9.42. The van der Waals surface area contributed by atoms with Gasteiger partial charge in [0.25, 0.3) is 0 Å². The van der Waals surface area contributed by atoms with E-state index >= 15 is 0 Å². The summed E-state index contributed by atoms with van der Waals surface area (Å²) in [4.78, 5) is 24.2. The average Bonchev–Trinajstić information content (AvgIpc) is 2.68. The van der Waals surface area contributed by atoms with Gasteiger partial charge in [0.05, 0.1) is 18.7 Å². The summed E-state index contributed by atoms with van der Waals surface area (Å²) in [6, 6.07) is -0.0139.